The number of carbonyl (C=O) groups is 2. The van der Waals surface area contributed by atoms with Crippen molar-refractivity contribution in [1.82, 2.24) is 10.6 Å². The molecule has 0 aliphatic carbocycles. The maximum Gasteiger partial charge on any atom is 0.331 e. The molecule has 1 amide bonds. The summed E-state index contributed by atoms with van der Waals surface area (Å²) in [6, 6.07) is -0.183. The molecule has 90 valence electrons. The van der Waals surface area contributed by atoms with Gasteiger partial charge in [-0.15, -0.1) is 0 Å². The van der Waals surface area contributed by atoms with Crippen molar-refractivity contribution in [1.29, 1.82) is 0 Å². The van der Waals surface area contributed by atoms with Crippen LogP contribution in [-0.4, -0.2) is 36.1 Å². The number of carboxylic acid groups (broad SMARTS) is 1. The lowest BCUT2D eigenvalue weighted by Gasteiger charge is -2.22. The smallest absolute Gasteiger partial charge is 0.331 e. The van der Waals surface area contributed by atoms with Crippen molar-refractivity contribution in [2.45, 2.75) is 32.2 Å². The van der Waals surface area contributed by atoms with Gasteiger partial charge in [0.1, 0.15) is 0 Å². The molecule has 1 saturated heterocycles. The molecular formula is C11H18N2O3. The summed E-state index contributed by atoms with van der Waals surface area (Å²) in [5.41, 5.74) is 0.378. The molecule has 5 heteroatoms. The van der Waals surface area contributed by atoms with Crippen LogP contribution in [0.5, 0.6) is 0 Å². The molecule has 3 N–H and O–H groups in total. The second kappa shape index (κ2) is 6.27. The predicted octanol–water partition coefficient (Wildman–Crippen LogP) is 0.276. The lowest BCUT2D eigenvalue weighted by Crippen LogP contribution is -2.48. The van der Waals surface area contributed by atoms with Gasteiger partial charge in [-0.1, -0.05) is 13.0 Å². The fraction of sp³-hybridized carbons (Fsp3) is 0.636. The van der Waals surface area contributed by atoms with Gasteiger partial charge in [0.15, 0.2) is 0 Å². The number of carbonyl (C=O) groups excluding carboxylic acids is 1. The van der Waals surface area contributed by atoms with E-state index in [1.807, 2.05) is 0 Å². The summed E-state index contributed by atoms with van der Waals surface area (Å²) in [6.45, 7) is 2.96. The Morgan fingerprint density at radius 2 is 2.44 bits per heavy atom. The third-order valence-corrected chi connectivity index (χ3v) is 2.65. The first-order valence-corrected chi connectivity index (χ1v) is 5.58. The van der Waals surface area contributed by atoms with E-state index < -0.39 is 5.97 Å². The molecule has 0 saturated carbocycles. The van der Waals surface area contributed by atoms with Crippen LogP contribution in [0.3, 0.4) is 0 Å². The Morgan fingerprint density at radius 1 is 1.69 bits per heavy atom. The second-order valence-corrected chi connectivity index (χ2v) is 3.78. The minimum absolute atomic E-state index is 0.00743. The van der Waals surface area contributed by atoms with Crippen molar-refractivity contribution < 1.29 is 14.7 Å². The molecule has 5 nitrogen and oxygen atoms in total. The highest BCUT2D eigenvalue weighted by atomic mass is 16.4. The van der Waals surface area contributed by atoms with Crippen LogP contribution in [0, 0.1) is 0 Å². The topological polar surface area (TPSA) is 78.4 Å². The molecular weight excluding hydrogens is 208 g/mol. The van der Waals surface area contributed by atoms with Crippen molar-refractivity contribution >= 4 is 11.9 Å². The van der Waals surface area contributed by atoms with E-state index in [4.69, 9.17) is 5.11 Å². The highest BCUT2D eigenvalue weighted by Crippen LogP contribution is 2.03. The summed E-state index contributed by atoms with van der Waals surface area (Å²) in [4.78, 5) is 22.1. The Labute approximate surface area is 94.9 Å². The summed E-state index contributed by atoms with van der Waals surface area (Å²) in [6.07, 6.45) is 3.90. The largest absolute Gasteiger partial charge is 0.478 e. The highest BCUT2D eigenvalue weighted by molar-refractivity contribution is 5.86. The van der Waals surface area contributed by atoms with Gasteiger partial charge in [-0.25, -0.2) is 4.79 Å². The lowest BCUT2D eigenvalue weighted by atomic mass is 10.1. The Bertz CT molecular complexity index is 300. The molecule has 1 fully saturated rings. The van der Waals surface area contributed by atoms with E-state index in [2.05, 4.69) is 10.6 Å². The zero-order chi connectivity index (χ0) is 12.0. The maximum absolute atomic E-state index is 11.4. The highest BCUT2D eigenvalue weighted by Gasteiger charge is 2.20. The number of aliphatic carboxylic acids is 1. The van der Waals surface area contributed by atoms with Crippen molar-refractivity contribution in [3.8, 4) is 0 Å². The molecule has 1 heterocycles. The van der Waals surface area contributed by atoms with Crippen LogP contribution >= 0.6 is 0 Å². The number of rotatable bonds is 5. The molecule has 1 aliphatic heterocycles. The summed E-state index contributed by atoms with van der Waals surface area (Å²) in [7, 11) is 0. The zero-order valence-corrected chi connectivity index (χ0v) is 9.45. The van der Waals surface area contributed by atoms with E-state index in [-0.39, 0.29) is 11.9 Å². The minimum Gasteiger partial charge on any atom is -0.478 e. The number of nitrogens with one attached hydrogen (secondary N) is 2. The third kappa shape index (κ3) is 3.66. The molecule has 16 heavy (non-hydrogen) atoms. The van der Waals surface area contributed by atoms with E-state index in [0.29, 0.717) is 18.5 Å². The van der Waals surface area contributed by atoms with Crippen molar-refractivity contribution in [2.75, 3.05) is 13.1 Å². The van der Waals surface area contributed by atoms with Crippen LogP contribution in [0.1, 0.15) is 26.2 Å². The average molecular weight is 226 g/mol. The van der Waals surface area contributed by atoms with Gasteiger partial charge in [0.25, 0.3) is 0 Å². The van der Waals surface area contributed by atoms with E-state index in [1.165, 1.54) is 0 Å². The fourth-order valence-electron chi connectivity index (χ4n) is 1.67. The van der Waals surface area contributed by atoms with E-state index in [1.54, 1.807) is 13.0 Å². The lowest BCUT2D eigenvalue weighted by molar-refractivity contribution is -0.132. The van der Waals surface area contributed by atoms with Gasteiger partial charge in [0.2, 0.25) is 5.91 Å². The number of piperidine rings is 1. The molecule has 1 rings (SSSR count). The van der Waals surface area contributed by atoms with Crippen LogP contribution in [0.4, 0.5) is 0 Å². The molecule has 0 aromatic carbocycles. The number of hydrogen-bond donors (Lipinski definition) is 3. The number of carboxylic acids is 1. The first-order valence-electron chi connectivity index (χ1n) is 5.58. The zero-order valence-electron chi connectivity index (χ0n) is 9.45. The van der Waals surface area contributed by atoms with Crippen molar-refractivity contribution in [3.63, 3.8) is 0 Å². The quantitative estimate of drug-likeness (QED) is 0.588. The van der Waals surface area contributed by atoms with Gasteiger partial charge >= 0.3 is 5.97 Å². The monoisotopic (exact) mass is 226 g/mol. The summed E-state index contributed by atoms with van der Waals surface area (Å²) >= 11 is 0. The number of amides is 1. The predicted molar refractivity (Wildman–Crippen MR) is 60.0 cm³/mol. The normalized spacial score (nSPS) is 21.7. The molecule has 0 aromatic rings. The van der Waals surface area contributed by atoms with Crippen LogP contribution in [-0.2, 0) is 9.59 Å². The number of hydrogen-bond acceptors (Lipinski definition) is 3. The van der Waals surface area contributed by atoms with Crippen LogP contribution in [0.2, 0.25) is 0 Å². The average Bonchev–Trinajstić information content (AvgIpc) is 2.26. The molecule has 1 aliphatic rings. The Kier molecular flexibility index (Phi) is 4.98. The molecule has 0 radical (unpaired) electrons. The molecule has 1 unspecified atom stereocenters. The van der Waals surface area contributed by atoms with Crippen LogP contribution in [0.15, 0.2) is 11.6 Å². The van der Waals surface area contributed by atoms with Crippen LogP contribution in [0.25, 0.3) is 0 Å². The Balaban J connectivity index is 2.38. The third-order valence-electron chi connectivity index (χ3n) is 2.65. The maximum atomic E-state index is 11.4. The van der Waals surface area contributed by atoms with Gasteiger partial charge in [-0.2, -0.15) is 0 Å². The standard InChI is InChI=1S/C11H18N2O3/c1-2-8(11(15)16)5-7-12-9-4-3-6-13-10(9)14/h5,9,12H,2-4,6-7H2,1H3,(H,13,14)(H,15,16). The van der Waals surface area contributed by atoms with Crippen molar-refractivity contribution in [2.24, 2.45) is 0 Å². The second-order valence-electron chi connectivity index (χ2n) is 3.78. The summed E-state index contributed by atoms with van der Waals surface area (Å²) < 4.78 is 0. The van der Waals surface area contributed by atoms with Gasteiger partial charge < -0.3 is 15.7 Å². The molecule has 1 atom stereocenters. The van der Waals surface area contributed by atoms with Gasteiger partial charge in [-0.05, 0) is 19.3 Å². The van der Waals surface area contributed by atoms with E-state index >= 15 is 0 Å². The van der Waals surface area contributed by atoms with E-state index in [0.717, 1.165) is 19.4 Å². The molecule has 0 spiro atoms. The Hall–Kier alpha value is -1.36. The summed E-state index contributed by atoms with van der Waals surface area (Å²) in [5, 5.41) is 14.6. The fourth-order valence-corrected chi connectivity index (χ4v) is 1.67. The van der Waals surface area contributed by atoms with Crippen LogP contribution < -0.4 is 10.6 Å². The van der Waals surface area contributed by atoms with Crippen molar-refractivity contribution in [3.05, 3.63) is 11.6 Å². The van der Waals surface area contributed by atoms with Gasteiger partial charge in [0.05, 0.1) is 6.04 Å². The van der Waals surface area contributed by atoms with E-state index in [9.17, 15) is 9.59 Å². The molecule has 0 bridgehead atoms. The summed E-state index contributed by atoms with van der Waals surface area (Å²) in [5.74, 6) is -0.884. The minimum atomic E-state index is -0.891. The first kappa shape index (κ1) is 12.7. The first-order chi connectivity index (χ1) is 7.65. The SMILES string of the molecule is CCC(=CCNC1CCCNC1=O)C(=O)O. The van der Waals surface area contributed by atoms with Gasteiger partial charge in [0, 0.05) is 18.7 Å². The molecule has 0 aromatic heterocycles. The van der Waals surface area contributed by atoms with Gasteiger partial charge in [-0.3, -0.25) is 4.79 Å². The Morgan fingerprint density at radius 3 is 3.00 bits per heavy atom.